The number of nitro groups is 2. The monoisotopic (exact) mass is 790 g/mol. The van der Waals surface area contributed by atoms with E-state index >= 15 is 0 Å². The minimum atomic E-state index is -1.75. The van der Waals surface area contributed by atoms with E-state index in [1.807, 2.05) is 24.3 Å². The van der Waals surface area contributed by atoms with E-state index in [4.69, 9.17) is 30.6 Å². The van der Waals surface area contributed by atoms with Gasteiger partial charge in [-0.25, -0.2) is 0 Å². The molecule has 0 aliphatic rings. The number of aliphatic imine (C=N–C) groups is 2. The van der Waals surface area contributed by atoms with Crippen LogP contribution in [0, 0.1) is 64.7 Å². The van der Waals surface area contributed by atoms with Crippen molar-refractivity contribution < 1.29 is 64.4 Å². The molecule has 2 heterocycles. The molecule has 4 rings (SSSR count). The van der Waals surface area contributed by atoms with Gasteiger partial charge >= 0.3 is 34.1 Å². The minimum absolute atomic E-state index is 0. The SMILES string of the molecule is Cc1cc(C=NCc2ccccn2)c([O-])c([N+](=O)[O-])c1.Cc1cc(C=NCc2ccccn2)c([O-])c([N+](=O)[O-])c1.O=[N+]([O-])[O-].O=[N+]([O-])[O-].[Cu+2].[Cu+2]. The van der Waals surface area contributed by atoms with Crippen LogP contribution >= 0.6 is 0 Å². The van der Waals surface area contributed by atoms with E-state index in [9.17, 15) is 30.4 Å². The maximum absolute atomic E-state index is 11.9. The first kappa shape index (κ1) is 46.0. The van der Waals surface area contributed by atoms with Gasteiger partial charge in [-0.1, -0.05) is 24.3 Å². The molecule has 0 N–H and O–H groups in total. The Hall–Kier alpha value is -6.08. The van der Waals surface area contributed by atoms with Crippen LogP contribution in [-0.2, 0) is 47.2 Å². The van der Waals surface area contributed by atoms with E-state index in [1.54, 1.807) is 50.5 Å². The second-order valence-electron chi connectivity index (χ2n) is 8.95. The predicted molar refractivity (Wildman–Crippen MR) is 166 cm³/mol. The van der Waals surface area contributed by atoms with Gasteiger partial charge in [0.1, 0.15) is 0 Å². The Labute approximate surface area is 303 Å². The summed E-state index contributed by atoms with van der Waals surface area (Å²) in [5, 5.41) is 74.8. The van der Waals surface area contributed by atoms with Gasteiger partial charge in [0.05, 0.1) is 44.5 Å². The number of benzene rings is 2. The fraction of sp³-hybridized carbons (Fsp3) is 0.143. The molecule has 0 unspecified atom stereocenters. The number of nitro benzene ring substituents is 2. The predicted octanol–water partition coefficient (Wildman–Crippen LogP) is 3.50. The van der Waals surface area contributed by atoms with Crippen molar-refractivity contribution in [1.29, 1.82) is 0 Å². The van der Waals surface area contributed by atoms with E-state index < -0.39 is 42.9 Å². The standard InChI is InChI=1S/2C14H13N3O3.2Cu.2NO3/c2*1-10-6-11(14(18)13(7-10)17(19)20)8-15-9-12-4-2-3-5-16-12;;;2*2-1(3)4/h2*2-8,18H,9H2,1H3;;;;/q;;2*+2;2*-1/p-2. The number of aromatic nitrogens is 2. The zero-order valence-electron chi connectivity index (χ0n) is 25.6. The van der Waals surface area contributed by atoms with Crippen molar-refractivity contribution in [2.75, 3.05) is 0 Å². The molecule has 2 radical (unpaired) electrons. The Kier molecular flexibility index (Phi) is 22.2. The van der Waals surface area contributed by atoms with Gasteiger partial charge in [-0.05, 0) is 71.9 Å². The van der Waals surface area contributed by atoms with Crippen LogP contribution in [0.25, 0.3) is 0 Å². The normalized spacial score (nSPS) is 9.64. The zero-order chi connectivity index (χ0) is 36.2. The van der Waals surface area contributed by atoms with Gasteiger partial charge in [0.15, 0.2) is 0 Å². The van der Waals surface area contributed by atoms with Crippen LogP contribution in [0.1, 0.15) is 33.6 Å². The molecule has 50 heavy (non-hydrogen) atoms. The van der Waals surface area contributed by atoms with Gasteiger partial charge in [-0.15, -0.1) is 0 Å². The van der Waals surface area contributed by atoms with Crippen molar-refractivity contribution in [3.8, 4) is 11.5 Å². The van der Waals surface area contributed by atoms with E-state index in [1.165, 1.54) is 24.6 Å². The van der Waals surface area contributed by atoms with Crippen molar-refractivity contribution in [2.24, 2.45) is 9.98 Å². The summed E-state index contributed by atoms with van der Waals surface area (Å²) in [5.74, 6) is -1.24. The Morgan fingerprint density at radius 1 is 0.600 bits per heavy atom. The Morgan fingerprint density at radius 2 is 0.920 bits per heavy atom. The third kappa shape index (κ3) is 18.3. The molecule has 270 valence electrons. The zero-order valence-corrected chi connectivity index (χ0v) is 27.5. The molecule has 0 amide bonds. The molecule has 2 aromatic heterocycles. The molecule has 0 saturated carbocycles. The molecule has 0 bridgehead atoms. The average molecular weight is 792 g/mol. The molecule has 4 aromatic rings. The molecule has 2 aromatic carbocycles. The molecule has 0 fully saturated rings. The molecule has 0 aliphatic heterocycles. The van der Waals surface area contributed by atoms with Gasteiger partial charge in [0.2, 0.25) is 0 Å². The first-order valence-corrected chi connectivity index (χ1v) is 13.0. The summed E-state index contributed by atoms with van der Waals surface area (Å²) < 4.78 is 0. The van der Waals surface area contributed by atoms with E-state index in [-0.39, 0.29) is 45.3 Å². The van der Waals surface area contributed by atoms with Crippen LogP contribution in [0.2, 0.25) is 0 Å². The van der Waals surface area contributed by atoms with Crippen molar-refractivity contribution in [1.82, 2.24) is 9.97 Å². The number of pyridine rings is 2. The summed E-state index contributed by atoms with van der Waals surface area (Å²) in [4.78, 5) is 53.1. The van der Waals surface area contributed by atoms with Crippen LogP contribution in [0.3, 0.4) is 0 Å². The van der Waals surface area contributed by atoms with Crippen molar-refractivity contribution in [2.45, 2.75) is 26.9 Å². The number of nitrogens with zero attached hydrogens (tertiary/aromatic N) is 8. The van der Waals surface area contributed by atoms with Crippen molar-refractivity contribution >= 4 is 23.8 Å². The van der Waals surface area contributed by atoms with Gasteiger partial charge in [-0.2, -0.15) is 0 Å². The second-order valence-corrected chi connectivity index (χ2v) is 8.95. The van der Waals surface area contributed by atoms with E-state index in [0.29, 0.717) is 24.2 Å². The molecule has 0 atom stereocenters. The molecule has 0 aliphatic carbocycles. The number of hydrogen-bond donors (Lipinski definition) is 0. The Morgan fingerprint density at radius 3 is 1.18 bits per heavy atom. The number of rotatable bonds is 8. The third-order valence-electron chi connectivity index (χ3n) is 5.30. The van der Waals surface area contributed by atoms with Crippen LogP contribution in [0.4, 0.5) is 11.4 Å². The molecule has 20 nitrogen and oxygen atoms in total. The largest absolute Gasteiger partial charge is 2.00 e. The maximum Gasteiger partial charge on any atom is 2.00 e. The average Bonchev–Trinajstić information content (AvgIpc) is 3.01. The molecule has 0 spiro atoms. The summed E-state index contributed by atoms with van der Waals surface area (Å²) >= 11 is 0. The van der Waals surface area contributed by atoms with E-state index in [2.05, 4.69) is 20.0 Å². The third-order valence-corrected chi connectivity index (χ3v) is 5.30. The van der Waals surface area contributed by atoms with Gasteiger partial charge in [0.25, 0.3) is 11.4 Å². The van der Waals surface area contributed by atoms with Crippen molar-refractivity contribution in [3.63, 3.8) is 0 Å². The summed E-state index contributed by atoms with van der Waals surface area (Å²) in [6, 6.07) is 16.6. The fourth-order valence-corrected chi connectivity index (χ4v) is 3.48. The Bertz CT molecular complexity index is 1630. The quantitative estimate of drug-likeness (QED) is 0.107. The number of hydrogen-bond acceptors (Lipinski definition) is 16. The number of aryl methyl sites for hydroxylation is 2. The van der Waals surface area contributed by atoms with E-state index in [0.717, 1.165) is 11.4 Å². The summed E-state index contributed by atoms with van der Waals surface area (Å²) in [7, 11) is 0. The minimum Gasteiger partial charge on any atom is -0.867 e. The molecule has 22 heteroatoms. The first-order chi connectivity index (χ1) is 22.6. The van der Waals surface area contributed by atoms with Gasteiger partial charge < -0.3 is 40.9 Å². The van der Waals surface area contributed by atoms with Crippen molar-refractivity contribution in [3.05, 3.63) is 158 Å². The summed E-state index contributed by atoms with van der Waals surface area (Å²) in [6.45, 7) is 4.04. The van der Waals surface area contributed by atoms with Crippen LogP contribution in [0.5, 0.6) is 11.5 Å². The molecular formula is C28H24Cu2N8O12. The molecular weight excluding hydrogens is 767 g/mol. The topological polar surface area (TPSA) is 315 Å². The smallest absolute Gasteiger partial charge is 0.867 e. The van der Waals surface area contributed by atoms with Gasteiger partial charge in [-0.3, -0.25) is 40.2 Å². The first-order valence-electron chi connectivity index (χ1n) is 13.0. The summed E-state index contributed by atoms with van der Waals surface area (Å²) in [5.41, 5.74) is 2.40. The van der Waals surface area contributed by atoms with Crippen LogP contribution < -0.4 is 10.2 Å². The molecule has 0 saturated heterocycles. The fourth-order valence-electron chi connectivity index (χ4n) is 3.48. The van der Waals surface area contributed by atoms with Crippen LogP contribution in [0.15, 0.2) is 83.0 Å². The van der Waals surface area contributed by atoms with Crippen LogP contribution in [-0.4, -0.2) is 42.4 Å². The summed E-state index contributed by atoms with van der Waals surface area (Å²) in [6.07, 6.45) is 6.02. The van der Waals surface area contributed by atoms with Gasteiger partial charge in [0, 0.05) is 37.0 Å². The second kappa shape index (κ2) is 24.1. The maximum atomic E-state index is 11.9. The Balaban J connectivity index is 0.